The number of aryl methyl sites for hydroxylation is 1. The zero-order valence-corrected chi connectivity index (χ0v) is 23.0. The minimum absolute atomic E-state index is 0.167. The Morgan fingerprint density at radius 3 is 2.17 bits per heavy atom. The summed E-state index contributed by atoms with van der Waals surface area (Å²) in [5.74, 6) is -0.271. The molecule has 0 unspecified atom stereocenters. The van der Waals surface area contributed by atoms with Gasteiger partial charge in [-0.3, -0.25) is 9.59 Å². The van der Waals surface area contributed by atoms with Crippen molar-refractivity contribution < 1.29 is 18.0 Å². The van der Waals surface area contributed by atoms with Crippen LogP contribution in [0.5, 0.6) is 0 Å². The maximum absolute atomic E-state index is 13.3. The van der Waals surface area contributed by atoms with Gasteiger partial charge in [0, 0.05) is 32.5 Å². The third-order valence-electron chi connectivity index (χ3n) is 5.99. The molecule has 2 atom stereocenters. The van der Waals surface area contributed by atoms with E-state index in [-0.39, 0.29) is 23.8 Å². The Kier molecular flexibility index (Phi) is 11.6. The summed E-state index contributed by atoms with van der Waals surface area (Å²) in [7, 11) is -3.60. The van der Waals surface area contributed by atoms with Crippen LogP contribution in [-0.2, 0) is 26.0 Å². The Bertz CT molecular complexity index is 1070. The van der Waals surface area contributed by atoms with E-state index in [0.29, 0.717) is 37.2 Å². The van der Waals surface area contributed by atoms with E-state index >= 15 is 0 Å². The standard InChI is InChI=1S/C28H41N3O4S/c1-21(2)20-31(36(34,35)26-16-14-22(3)15-17-26)23(4)11-9-10-18-29-28(33)27(30-24(5)32)19-25-12-7-6-8-13-25/h6-8,12-17,21,23,27H,9-11,18-20H2,1-5H3,(H,29,33)(H,30,32)/t23-,27+/m1/s1. The molecule has 0 heterocycles. The van der Waals surface area contributed by atoms with E-state index in [0.717, 1.165) is 17.5 Å². The fourth-order valence-corrected chi connectivity index (χ4v) is 5.89. The number of nitrogens with zero attached hydrogens (tertiary/aromatic N) is 1. The molecule has 2 aromatic carbocycles. The molecule has 0 saturated carbocycles. The van der Waals surface area contributed by atoms with Crippen LogP contribution in [0.25, 0.3) is 0 Å². The van der Waals surface area contributed by atoms with Gasteiger partial charge in [-0.25, -0.2) is 8.42 Å². The minimum Gasteiger partial charge on any atom is -0.354 e. The first-order valence-electron chi connectivity index (χ1n) is 12.7. The molecular formula is C28H41N3O4S. The van der Waals surface area contributed by atoms with Crippen molar-refractivity contribution in [1.82, 2.24) is 14.9 Å². The zero-order valence-electron chi connectivity index (χ0n) is 22.2. The van der Waals surface area contributed by atoms with Gasteiger partial charge in [0.2, 0.25) is 21.8 Å². The number of unbranched alkanes of at least 4 members (excludes halogenated alkanes) is 1. The molecule has 0 aliphatic carbocycles. The number of carbonyl (C=O) groups excluding carboxylic acids is 2. The van der Waals surface area contributed by atoms with Crippen molar-refractivity contribution in [1.29, 1.82) is 0 Å². The summed E-state index contributed by atoms with van der Waals surface area (Å²) in [5, 5.41) is 5.65. The summed E-state index contributed by atoms with van der Waals surface area (Å²) >= 11 is 0. The molecule has 0 aliphatic heterocycles. The first kappa shape index (κ1) is 29.5. The van der Waals surface area contributed by atoms with Crippen LogP contribution in [0.3, 0.4) is 0 Å². The molecule has 0 aromatic heterocycles. The Balaban J connectivity index is 1.90. The fraction of sp³-hybridized carbons (Fsp3) is 0.500. The minimum atomic E-state index is -3.60. The van der Waals surface area contributed by atoms with Gasteiger partial charge < -0.3 is 10.6 Å². The molecule has 8 heteroatoms. The molecule has 0 radical (unpaired) electrons. The van der Waals surface area contributed by atoms with E-state index in [4.69, 9.17) is 0 Å². The van der Waals surface area contributed by atoms with Crippen molar-refractivity contribution in [3.05, 3.63) is 65.7 Å². The molecule has 2 aromatic rings. The summed E-state index contributed by atoms with van der Waals surface area (Å²) < 4.78 is 28.3. The Labute approximate surface area is 216 Å². The summed E-state index contributed by atoms with van der Waals surface area (Å²) in [6.07, 6.45) is 2.59. The average molecular weight is 516 g/mol. The van der Waals surface area contributed by atoms with Gasteiger partial charge in [0.25, 0.3) is 0 Å². The second kappa shape index (κ2) is 14.1. The Morgan fingerprint density at radius 1 is 0.944 bits per heavy atom. The lowest BCUT2D eigenvalue weighted by molar-refractivity contribution is -0.128. The van der Waals surface area contributed by atoms with Crippen molar-refractivity contribution >= 4 is 21.8 Å². The quantitative estimate of drug-likeness (QED) is 0.371. The van der Waals surface area contributed by atoms with E-state index in [9.17, 15) is 18.0 Å². The Hall–Kier alpha value is -2.71. The van der Waals surface area contributed by atoms with E-state index in [1.807, 2.05) is 70.2 Å². The molecule has 0 spiro atoms. The molecule has 36 heavy (non-hydrogen) atoms. The molecule has 0 fully saturated rings. The fourth-order valence-electron chi connectivity index (χ4n) is 4.07. The molecule has 7 nitrogen and oxygen atoms in total. The van der Waals surface area contributed by atoms with Crippen LogP contribution >= 0.6 is 0 Å². The van der Waals surface area contributed by atoms with Gasteiger partial charge in [0.1, 0.15) is 6.04 Å². The van der Waals surface area contributed by atoms with Crippen molar-refractivity contribution in [3.63, 3.8) is 0 Å². The topological polar surface area (TPSA) is 95.6 Å². The third-order valence-corrected chi connectivity index (χ3v) is 7.98. The number of amides is 2. The van der Waals surface area contributed by atoms with E-state index in [1.165, 1.54) is 6.92 Å². The maximum Gasteiger partial charge on any atom is 0.243 e. The van der Waals surface area contributed by atoms with Crippen molar-refractivity contribution in [2.75, 3.05) is 13.1 Å². The van der Waals surface area contributed by atoms with Crippen LogP contribution in [0.15, 0.2) is 59.5 Å². The second-order valence-electron chi connectivity index (χ2n) is 9.86. The van der Waals surface area contributed by atoms with Gasteiger partial charge >= 0.3 is 0 Å². The number of hydrogen-bond donors (Lipinski definition) is 2. The number of sulfonamides is 1. The van der Waals surface area contributed by atoms with Crippen molar-refractivity contribution in [2.45, 2.75) is 77.3 Å². The highest BCUT2D eigenvalue weighted by molar-refractivity contribution is 7.89. The number of rotatable bonds is 14. The highest BCUT2D eigenvalue weighted by Gasteiger charge is 2.29. The smallest absolute Gasteiger partial charge is 0.243 e. The average Bonchev–Trinajstić information content (AvgIpc) is 2.82. The summed E-state index contributed by atoms with van der Waals surface area (Å²) in [4.78, 5) is 24.6. The van der Waals surface area contributed by atoms with Crippen LogP contribution in [0, 0.1) is 12.8 Å². The number of hydrogen-bond acceptors (Lipinski definition) is 4. The number of carbonyl (C=O) groups is 2. The molecule has 198 valence electrons. The Morgan fingerprint density at radius 2 is 1.58 bits per heavy atom. The molecule has 2 N–H and O–H groups in total. The lowest BCUT2D eigenvalue weighted by atomic mass is 10.0. The van der Waals surface area contributed by atoms with Gasteiger partial charge in [0.15, 0.2) is 0 Å². The van der Waals surface area contributed by atoms with Crippen LogP contribution < -0.4 is 10.6 Å². The summed E-state index contributed by atoms with van der Waals surface area (Å²) in [6.45, 7) is 10.2. The lowest BCUT2D eigenvalue weighted by Crippen LogP contribution is -2.47. The van der Waals surface area contributed by atoms with E-state index < -0.39 is 16.1 Å². The predicted molar refractivity (Wildman–Crippen MR) is 144 cm³/mol. The highest BCUT2D eigenvalue weighted by Crippen LogP contribution is 2.22. The first-order chi connectivity index (χ1) is 17.0. The van der Waals surface area contributed by atoms with E-state index in [2.05, 4.69) is 10.6 Å². The number of nitrogens with one attached hydrogen (secondary N) is 2. The zero-order chi connectivity index (χ0) is 26.7. The first-order valence-corrected chi connectivity index (χ1v) is 14.1. The highest BCUT2D eigenvalue weighted by atomic mass is 32.2. The van der Waals surface area contributed by atoms with E-state index in [1.54, 1.807) is 16.4 Å². The van der Waals surface area contributed by atoms with Crippen molar-refractivity contribution in [3.8, 4) is 0 Å². The van der Waals surface area contributed by atoms with Gasteiger partial charge in [-0.15, -0.1) is 0 Å². The van der Waals surface area contributed by atoms with Gasteiger partial charge in [-0.2, -0.15) is 4.31 Å². The maximum atomic E-state index is 13.3. The van der Waals surface area contributed by atoms with Gasteiger partial charge in [0.05, 0.1) is 4.90 Å². The number of benzene rings is 2. The predicted octanol–water partition coefficient (Wildman–Crippen LogP) is 4.06. The monoisotopic (exact) mass is 515 g/mol. The van der Waals surface area contributed by atoms with Gasteiger partial charge in [-0.1, -0.05) is 68.3 Å². The largest absolute Gasteiger partial charge is 0.354 e. The molecule has 2 rings (SSSR count). The third kappa shape index (κ3) is 9.39. The normalized spacial score (nSPS) is 13.4. The van der Waals surface area contributed by atoms with Crippen molar-refractivity contribution in [2.24, 2.45) is 5.92 Å². The summed E-state index contributed by atoms with van der Waals surface area (Å²) in [5.41, 5.74) is 1.99. The van der Waals surface area contributed by atoms with Crippen LogP contribution in [0.4, 0.5) is 0 Å². The summed E-state index contributed by atoms with van der Waals surface area (Å²) in [6, 6.07) is 15.7. The van der Waals surface area contributed by atoms with Crippen LogP contribution in [-0.4, -0.2) is 49.7 Å². The van der Waals surface area contributed by atoms with Crippen LogP contribution in [0.2, 0.25) is 0 Å². The molecule has 0 bridgehead atoms. The van der Waals surface area contributed by atoms with Gasteiger partial charge in [-0.05, 0) is 50.3 Å². The molecule has 2 amide bonds. The second-order valence-corrected chi connectivity index (χ2v) is 11.8. The SMILES string of the molecule is CC(=O)N[C@@H](Cc1ccccc1)C(=O)NCCCC[C@@H](C)N(CC(C)C)S(=O)(=O)c1ccc(C)cc1. The van der Waals surface area contributed by atoms with Crippen LogP contribution in [0.1, 0.15) is 58.1 Å². The molecular weight excluding hydrogens is 474 g/mol. The molecule has 0 aliphatic rings. The lowest BCUT2D eigenvalue weighted by Gasteiger charge is -2.30. The molecule has 0 saturated heterocycles.